The number of anilines is 1. The first kappa shape index (κ1) is 17.8. The van der Waals surface area contributed by atoms with Crippen LogP contribution in [0.5, 0.6) is 0 Å². The number of benzene rings is 2. The largest absolute Gasteiger partial charge is 0.438 e. The topological polar surface area (TPSA) is 47.3 Å². The molecule has 0 N–H and O–H groups in total. The molecule has 26 heavy (non-hydrogen) atoms. The van der Waals surface area contributed by atoms with Gasteiger partial charge in [-0.25, -0.2) is 0 Å². The molecule has 0 radical (unpaired) electrons. The standard InChI is InChI=1S/C21H20N3O.U/c25-20-21(12-6-1-7-13-21)15-8-2-5-11-18(15)24(20)14-19-22-16-9-3-4-10-17(16)23-19;/h2-5,8-11H,1,6-7,12-14H2;/q-1;. The summed E-state index contributed by atoms with van der Waals surface area (Å²) < 4.78 is 0. The van der Waals surface area contributed by atoms with Crippen LogP contribution in [0.4, 0.5) is 5.69 Å². The van der Waals surface area contributed by atoms with Crippen molar-refractivity contribution in [3.8, 4) is 0 Å². The predicted molar refractivity (Wildman–Crippen MR) is 97.5 cm³/mol. The van der Waals surface area contributed by atoms with Crippen molar-refractivity contribution >= 4 is 22.6 Å². The van der Waals surface area contributed by atoms with Crippen LogP contribution < -0.4 is 9.88 Å². The number of para-hydroxylation sites is 3. The molecule has 0 unspecified atom stereocenters. The molecule has 1 aromatic heterocycles. The summed E-state index contributed by atoms with van der Waals surface area (Å²) in [5.74, 6) is 0.958. The van der Waals surface area contributed by atoms with Gasteiger partial charge in [0.05, 0.1) is 5.41 Å². The smallest absolute Gasteiger partial charge is 0.238 e. The second-order valence-electron chi connectivity index (χ2n) is 7.18. The zero-order chi connectivity index (χ0) is 16.9. The molecule has 5 rings (SSSR count). The summed E-state index contributed by atoms with van der Waals surface area (Å²) >= 11 is 0. The van der Waals surface area contributed by atoms with Gasteiger partial charge in [-0.15, -0.1) is 0 Å². The normalized spacial score (nSPS) is 18.2. The Labute approximate surface area is 176 Å². The van der Waals surface area contributed by atoms with E-state index in [0.29, 0.717) is 6.54 Å². The molecule has 1 fully saturated rings. The molecule has 130 valence electrons. The van der Waals surface area contributed by atoms with E-state index in [0.717, 1.165) is 48.2 Å². The molecule has 0 atom stereocenters. The zero-order valence-electron chi connectivity index (χ0n) is 14.6. The van der Waals surface area contributed by atoms with Gasteiger partial charge in [0.15, 0.2) is 0 Å². The van der Waals surface area contributed by atoms with Gasteiger partial charge in [-0.1, -0.05) is 67.6 Å². The van der Waals surface area contributed by atoms with Crippen LogP contribution in [0, 0.1) is 31.1 Å². The Bertz CT molecular complexity index is 926. The second-order valence-corrected chi connectivity index (χ2v) is 7.18. The van der Waals surface area contributed by atoms with Gasteiger partial charge in [-0.3, -0.25) is 4.79 Å². The summed E-state index contributed by atoms with van der Waals surface area (Å²) in [4.78, 5) is 24.6. The summed E-state index contributed by atoms with van der Waals surface area (Å²) in [6.45, 7) is 0.451. The number of hydrogen-bond donors (Lipinski definition) is 0. The van der Waals surface area contributed by atoms with Crippen molar-refractivity contribution in [1.82, 2.24) is 9.97 Å². The third-order valence-electron chi connectivity index (χ3n) is 5.75. The number of nitrogens with zero attached hydrogens (tertiary/aromatic N) is 3. The van der Waals surface area contributed by atoms with Gasteiger partial charge in [-0.05, 0) is 35.5 Å². The molecule has 3 aromatic rings. The molecule has 1 aliphatic carbocycles. The number of amides is 1. The van der Waals surface area contributed by atoms with E-state index in [1.165, 1.54) is 12.0 Å². The van der Waals surface area contributed by atoms with Crippen molar-refractivity contribution in [3.63, 3.8) is 0 Å². The van der Waals surface area contributed by atoms with Crippen LogP contribution in [0.3, 0.4) is 0 Å². The number of imidazole rings is 1. The van der Waals surface area contributed by atoms with E-state index < -0.39 is 0 Å². The van der Waals surface area contributed by atoms with Gasteiger partial charge in [0, 0.05) is 43.3 Å². The molecule has 1 spiro atoms. The number of carbonyl (C=O) groups excluding carboxylic acids is 1. The minimum absolute atomic E-state index is 0. The summed E-state index contributed by atoms with van der Waals surface area (Å²) in [6.07, 6.45) is 5.41. The van der Waals surface area contributed by atoms with E-state index in [1.807, 2.05) is 35.2 Å². The first-order chi connectivity index (χ1) is 12.3. The molecular weight excluding hydrogens is 548 g/mol. The Hall–Kier alpha value is -1.57. The summed E-state index contributed by atoms with van der Waals surface area (Å²) in [5.41, 5.74) is 3.72. The third-order valence-corrected chi connectivity index (χ3v) is 5.75. The van der Waals surface area contributed by atoms with Crippen molar-refractivity contribution in [3.05, 3.63) is 59.9 Å². The van der Waals surface area contributed by atoms with Crippen molar-refractivity contribution < 1.29 is 35.9 Å². The maximum Gasteiger partial charge on any atom is 0.238 e. The Morgan fingerprint density at radius 3 is 2.54 bits per heavy atom. The Morgan fingerprint density at radius 2 is 1.73 bits per heavy atom. The number of aromatic nitrogens is 2. The van der Waals surface area contributed by atoms with Crippen molar-refractivity contribution in [2.45, 2.75) is 44.1 Å². The molecule has 4 nitrogen and oxygen atoms in total. The fraction of sp³-hybridized carbons (Fsp3) is 0.333. The van der Waals surface area contributed by atoms with Crippen molar-refractivity contribution in [2.24, 2.45) is 0 Å². The monoisotopic (exact) mass is 568 g/mol. The second kappa shape index (κ2) is 6.87. The van der Waals surface area contributed by atoms with Crippen LogP contribution in [0.15, 0.2) is 48.5 Å². The third kappa shape index (κ3) is 2.64. The van der Waals surface area contributed by atoms with Crippen LogP contribution in [0.25, 0.3) is 11.0 Å². The van der Waals surface area contributed by atoms with Gasteiger partial charge in [-0.2, -0.15) is 0 Å². The molecule has 1 amide bonds. The number of hydrogen-bond acceptors (Lipinski definition) is 2. The minimum atomic E-state index is -0.319. The maximum atomic E-state index is 13.4. The Morgan fingerprint density at radius 1 is 1.00 bits per heavy atom. The first-order valence-electron chi connectivity index (χ1n) is 9.08. The number of carbonyl (C=O) groups is 1. The van der Waals surface area contributed by atoms with E-state index in [1.54, 1.807) is 0 Å². The average Bonchev–Trinajstić information content (AvgIpc) is 3.16. The maximum absolute atomic E-state index is 13.4. The molecule has 1 saturated carbocycles. The fourth-order valence-corrected chi connectivity index (χ4v) is 4.56. The van der Waals surface area contributed by atoms with E-state index in [2.05, 4.69) is 28.2 Å². The van der Waals surface area contributed by atoms with Crippen molar-refractivity contribution in [1.29, 1.82) is 0 Å². The molecule has 2 aliphatic rings. The molecule has 0 saturated heterocycles. The van der Waals surface area contributed by atoms with Gasteiger partial charge >= 0.3 is 0 Å². The van der Waals surface area contributed by atoms with E-state index >= 15 is 0 Å². The molecule has 2 heterocycles. The van der Waals surface area contributed by atoms with Gasteiger partial charge in [0.25, 0.3) is 0 Å². The number of rotatable bonds is 2. The van der Waals surface area contributed by atoms with Crippen LogP contribution in [0.2, 0.25) is 0 Å². The van der Waals surface area contributed by atoms with Gasteiger partial charge < -0.3 is 14.9 Å². The van der Waals surface area contributed by atoms with Crippen LogP contribution in [-0.2, 0) is 16.8 Å². The van der Waals surface area contributed by atoms with E-state index in [4.69, 9.17) is 0 Å². The Balaban J connectivity index is 0.00000168. The molecule has 1 aliphatic heterocycles. The van der Waals surface area contributed by atoms with Crippen LogP contribution in [-0.4, -0.2) is 10.9 Å². The molecule has 5 heteroatoms. The van der Waals surface area contributed by atoms with Gasteiger partial charge in [0.1, 0.15) is 0 Å². The molecule has 0 bridgehead atoms. The summed E-state index contributed by atoms with van der Waals surface area (Å²) in [5, 5.41) is 0. The molecular formula is C21H20N3OU-. The van der Waals surface area contributed by atoms with Crippen molar-refractivity contribution in [2.75, 3.05) is 4.90 Å². The average molecular weight is 568 g/mol. The van der Waals surface area contributed by atoms with E-state index in [-0.39, 0.29) is 42.4 Å². The molecule has 2 aromatic carbocycles. The first-order valence-corrected chi connectivity index (χ1v) is 9.08. The quantitative estimate of drug-likeness (QED) is 0.471. The van der Waals surface area contributed by atoms with E-state index in [9.17, 15) is 4.79 Å². The summed E-state index contributed by atoms with van der Waals surface area (Å²) in [7, 11) is 0. The fourth-order valence-electron chi connectivity index (χ4n) is 4.56. The van der Waals surface area contributed by atoms with Crippen LogP contribution in [0.1, 0.15) is 43.5 Å². The zero-order valence-corrected chi connectivity index (χ0v) is 18.8. The Kier molecular flexibility index (Phi) is 4.71. The van der Waals surface area contributed by atoms with Gasteiger partial charge in [0.2, 0.25) is 5.91 Å². The SMILES string of the molecule is O=C1N(Cc2nc3ccccc3[n-]2)c2ccccc2C12CCCCC2.[U]. The summed E-state index contributed by atoms with van der Waals surface area (Å²) in [6, 6.07) is 16.1. The minimum Gasteiger partial charge on any atom is -0.438 e. The predicted octanol–water partition coefficient (Wildman–Crippen LogP) is 3.94. The van der Waals surface area contributed by atoms with Crippen LogP contribution >= 0.6 is 0 Å². The number of fused-ring (bicyclic) bond motifs is 3.